The molecule has 0 radical (unpaired) electrons. The number of nitriles is 1. The summed E-state index contributed by atoms with van der Waals surface area (Å²) in [5.74, 6) is 0. The lowest BCUT2D eigenvalue weighted by Gasteiger charge is -2.08. The molecular weight excluding hydrogens is 204 g/mol. The number of anilines is 2. The predicted molar refractivity (Wildman–Crippen MR) is 62.9 cm³/mol. The van der Waals surface area contributed by atoms with Crippen LogP contribution in [0, 0.1) is 11.3 Å². The van der Waals surface area contributed by atoms with E-state index in [0.717, 1.165) is 6.42 Å². The van der Waals surface area contributed by atoms with Gasteiger partial charge < -0.3 is 16.4 Å². The fourth-order valence-electron chi connectivity index (χ4n) is 1.17. The number of carbonyl (C=O) groups is 1. The maximum absolute atomic E-state index is 11.4. The average Bonchev–Trinajstić information content (AvgIpc) is 2.28. The Morgan fingerprint density at radius 1 is 1.56 bits per heavy atom. The lowest BCUT2D eigenvalue weighted by atomic mass is 10.2. The Balaban J connectivity index is 2.74. The van der Waals surface area contributed by atoms with Crippen LogP contribution in [0.15, 0.2) is 18.2 Å². The van der Waals surface area contributed by atoms with Crippen LogP contribution in [0.25, 0.3) is 0 Å². The number of nitrogens with one attached hydrogen (secondary N) is 2. The summed E-state index contributed by atoms with van der Waals surface area (Å²) in [5, 5.41) is 14.1. The first kappa shape index (κ1) is 11.9. The highest BCUT2D eigenvalue weighted by atomic mass is 16.2. The van der Waals surface area contributed by atoms with Crippen molar-refractivity contribution in [3.05, 3.63) is 23.8 Å². The molecule has 1 aromatic rings. The zero-order valence-corrected chi connectivity index (χ0v) is 9.08. The third kappa shape index (κ3) is 3.17. The van der Waals surface area contributed by atoms with Crippen molar-refractivity contribution in [2.45, 2.75) is 13.3 Å². The van der Waals surface area contributed by atoms with Gasteiger partial charge in [0.1, 0.15) is 6.07 Å². The number of nitrogens with two attached hydrogens (primary N) is 1. The molecule has 0 bridgehead atoms. The van der Waals surface area contributed by atoms with E-state index in [9.17, 15) is 4.79 Å². The van der Waals surface area contributed by atoms with E-state index in [1.54, 1.807) is 12.1 Å². The van der Waals surface area contributed by atoms with Crippen LogP contribution in [-0.4, -0.2) is 12.6 Å². The summed E-state index contributed by atoms with van der Waals surface area (Å²) in [4.78, 5) is 11.4. The molecule has 0 fully saturated rings. The highest BCUT2D eigenvalue weighted by Crippen LogP contribution is 2.17. The molecule has 0 aliphatic rings. The van der Waals surface area contributed by atoms with E-state index in [1.807, 2.05) is 13.0 Å². The highest BCUT2D eigenvalue weighted by Gasteiger charge is 2.05. The number of hydrogen-bond donors (Lipinski definition) is 3. The molecule has 0 aliphatic carbocycles. The van der Waals surface area contributed by atoms with Gasteiger partial charge in [0.05, 0.1) is 11.3 Å². The van der Waals surface area contributed by atoms with E-state index in [0.29, 0.717) is 23.5 Å². The largest absolute Gasteiger partial charge is 0.399 e. The Kier molecular flexibility index (Phi) is 4.16. The van der Waals surface area contributed by atoms with E-state index >= 15 is 0 Å². The van der Waals surface area contributed by atoms with Gasteiger partial charge in [0, 0.05) is 12.2 Å². The fraction of sp³-hybridized carbons (Fsp3) is 0.273. The molecule has 16 heavy (non-hydrogen) atoms. The van der Waals surface area contributed by atoms with Crippen molar-refractivity contribution in [1.82, 2.24) is 5.32 Å². The number of rotatable bonds is 3. The second kappa shape index (κ2) is 5.61. The Morgan fingerprint density at radius 2 is 2.31 bits per heavy atom. The van der Waals surface area contributed by atoms with Gasteiger partial charge in [-0.3, -0.25) is 0 Å². The van der Waals surface area contributed by atoms with E-state index in [4.69, 9.17) is 11.0 Å². The van der Waals surface area contributed by atoms with Crippen LogP contribution in [0.4, 0.5) is 16.2 Å². The number of nitrogen functional groups attached to an aromatic ring is 1. The molecule has 0 aliphatic heterocycles. The van der Waals surface area contributed by atoms with Gasteiger partial charge in [-0.2, -0.15) is 5.26 Å². The van der Waals surface area contributed by atoms with Crippen molar-refractivity contribution in [2.24, 2.45) is 0 Å². The molecular formula is C11H14N4O. The molecule has 0 saturated carbocycles. The molecule has 0 aromatic heterocycles. The van der Waals surface area contributed by atoms with Crippen LogP contribution in [-0.2, 0) is 0 Å². The summed E-state index contributed by atoms with van der Waals surface area (Å²) in [7, 11) is 0. The standard InChI is InChI=1S/C11H14N4O/c1-2-5-14-11(16)15-10-4-3-9(13)6-8(10)7-12/h3-4,6H,2,5,13H2,1H3,(H2,14,15,16). The lowest BCUT2D eigenvalue weighted by molar-refractivity contribution is 0.252. The van der Waals surface area contributed by atoms with Gasteiger partial charge >= 0.3 is 6.03 Å². The van der Waals surface area contributed by atoms with Gasteiger partial charge in [0.15, 0.2) is 0 Å². The number of nitrogens with zero attached hydrogens (tertiary/aromatic N) is 1. The summed E-state index contributed by atoms with van der Waals surface area (Å²) in [5.41, 5.74) is 6.85. The Bertz CT molecular complexity index is 422. The molecule has 5 nitrogen and oxygen atoms in total. The Labute approximate surface area is 94.2 Å². The van der Waals surface area contributed by atoms with Crippen molar-refractivity contribution in [1.29, 1.82) is 5.26 Å². The minimum Gasteiger partial charge on any atom is -0.399 e. The summed E-state index contributed by atoms with van der Waals surface area (Å²) in [6.07, 6.45) is 0.861. The van der Waals surface area contributed by atoms with Gasteiger partial charge in [0.25, 0.3) is 0 Å². The molecule has 1 rings (SSSR count). The Morgan fingerprint density at radius 3 is 2.94 bits per heavy atom. The third-order valence-corrected chi connectivity index (χ3v) is 1.95. The van der Waals surface area contributed by atoms with E-state index in [2.05, 4.69) is 10.6 Å². The van der Waals surface area contributed by atoms with E-state index < -0.39 is 0 Å². The minimum absolute atomic E-state index is 0.317. The van der Waals surface area contributed by atoms with Crippen LogP contribution >= 0.6 is 0 Å². The quantitative estimate of drug-likeness (QED) is 0.674. The number of carbonyl (C=O) groups excluding carboxylic acids is 1. The van der Waals surface area contributed by atoms with E-state index in [1.165, 1.54) is 6.07 Å². The zero-order chi connectivity index (χ0) is 12.0. The smallest absolute Gasteiger partial charge is 0.319 e. The van der Waals surface area contributed by atoms with Crippen molar-refractivity contribution in [2.75, 3.05) is 17.6 Å². The predicted octanol–water partition coefficient (Wildman–Crippen LogP) is 1.67. The molecule has 0 heterocycles. The minimum atomic E-state index is -0.317. The lowest BCUT2D eigenvalue weighted by Crippen LogP contribution is -2.29. The number of hydrogen-bond acceptors (Lipinski definition) is 3. The number of benzene rings is 1. The molecule has 0 unspecified atom stereocenters. The summed E-state index contributed by atoms with van der Waals surface area (Å²) in [6.45, 7) is 2.56. The van der Waals surface area contributed by atoms with Gasteiger partial charge in [-0.15, -0.1) is 0 Å². The summed E-state index contributed by atoms with van der Waals surface area (Å²) >= 11 is 0. The molecule has 0 spiro atoms. The van der Waals surface area contributed by atoms with Crippen LogP contribution < -0.4 is 16.4 Å². The molecule has 5 heteroatoms. The second-order valence-corrected chi connectivity index (χ2v) is 3.30. The van der Waals surface area contributed by atoms with Gasteiger partial charge in [-0.1, -0.05) is 6.92 Å². The molecule has 1 aromatic carbocycles. The van der Waals surface area contributed by atoms with Crippen molar-refractivity contribution < 1.29 is 4.79 Å². The normalized spacial score (nSPS) is 9.25. The van der Waals surface area contributed by atoms with Crippen LogP contribution in [0.3, 0.4) is 0 Å². The van der Waals surface area contributed by atoms with Crippen LogP contribution in [0.5, 0.6) is 0 Å². The summed E-state index contributed by atoms with van der Waals surface area (Å²) < 4.78 is 0. The number of amides is 2. The second-order valence-electron chi connectivity index (χ2n) is 3.30. The molecule has 2 amide bonds. The first-order valence-corrected chi connectivity index (χ1v) is 5.02. The molecule has 0 saturated heterocycles. The SMILES string of the molecule is CCCNC(=O)Nc1ccc(N)cc1C#N. The van der Waals surface area contributed by atoms with Gasteiger partial charge in [-0.25, -0.2) is 4.79 Å². The Hall–Kier alpha value is -2.22. The van der Waals surface area contributed by atoms with Crippen LogP contribution in [0.2, 0.25) is 0 Å². The van der Waals surface area contributed by atoms with Crippen molar-refractivity contribution >= 4 is 17.4 Å². The molecule has 84 valence electrons. The van der Waals surface area contributed by atoms with Gasteiger partial charge in [-0.05, 0) is 24.6 Å². The van der Waals surface area contributed by atoms with Crippen LogP contribution in [0.1, 0.15) is 18.9 Å². The fourth-order valence-corrected chi connectivity index (χ4v) is 1.17. The van der Waals surface area contributed by atoms with Crippen molar-refractivity contribution in [3.8, 4) is 6.07 Å². The maximum atomic E-state index is 11.4. The first-order chi connectivity index (χ1) is 7.67. The summed E-state index contributed by atoms with van der Waals surface area (Å²) in [6, 6.07) is 6.43. The molecule has 4 N–H and O–H groups in total. The van der Waals surface area contributed by atoms with Gasteiger partial charge in [0.2, 0.25) is 0 Å². The first-order valence-electron chi connectivity index (χ1n) is 5.02. The molecule has 0 atom stereocenters. The monoisotopic (exact) mass is 218 g/mol. The number of urea groups is 1. The zero-order valence-electron chi connectivity index (χ0n) is 9.08. The highest BCUT2D eigenvalue weighted by molar-refractivity contribution is 5.91. The maximum Gasteiger partial charge on any atom is 0.319 e. The van der Waals surface area contributed by atoms with Crippen molar-refractivity contribution in [3.63, 3.8) is 0 Å². The van der Waals surface area contributed by atoms with E-state index in [-0.39, 0.29) is 6.03 Å². The average molecular weight is 218 g/mol. The topological polar surface area (TPSA) is 90.9 Å². The third-order valence-electron chi connectivity index (χ3n) is 1.95.